The number of carbonyl (C=O) groups is 1. The maximum absolute atomic E-state index is 12.6. The number of imidazole rings is 1. The topological polar surface area (TPSA) is 93.6 Å². The number of rotatable bonds is 5. The highest BCUT2D eigenvalue weighted by molar-refractivity contribution is 5.94. The molecule has 1 unspecified atom stereocenters. The molecular weight excluding hydrogens is 456 g/mol. The summed E-state index contributed by atoms with van der Waals surface area (Å²) in [7, 11) is 0. The second kappa shape index (κ2) is 10.6. The van der Waals surface area contributed by atoms with E-state index in [1.54, 1.807) is 19.3 Å². The van der Waals surface area contributed by atoms with E-state index >= 15 is 0 Å². The molecule has 8 nitrogen and oxygen atoms in total. The van der Waals surface area contributed by atoms with Crippen molar-refractivity contribution in [3.05, 3.63) is 95.2 Å². The van der Waals surface area contributed by atoms with E-state index in [1.165, 1.54) is 0 Å². The monoisotopic (exact) mass is 482 g/mol. The third-order valence-corrected chi connectivity index (χ3v) is 5.96. The number of carbonyl (C=O) groups excluding carboxylic acids is 1. The first kappa shape index (κ1) is 23.5. The lowest BCUT2D eigenvalue weighted by Crippen LogP contribution is -2.40. The molecule has 182 valence electrons. The fourth-order valence-electron chi connectivity index (χ4n) is 4.03. The number of aliphatic hydroxyl groups is 1. The van der Waals surface area contributed by atoms with Gasteiger partial charge < -0.3 is 23.8 Å². The summed E-state index contributed by atoms with van der Waals surface area (Å²) in [5, 5.41) is 14.0. The Hall–Kier alpha value is -4.19. The third-order valence-electron chi connectivity index (χ3n) is 5.96. The van der Waals surface area contributed by atoms with E-state index in [0.717, 1.165) is 22.4 Å². The minimum absolute atomic E-state index is 0.0254. The van der Waals surface area contributed by atoms with Gasteiger partial charge >= 0.3 is 0 Å². The van der Waals surface area contributed by atoms with Crippen LogP contribution in [0.1, 0.15) is 46.0 Å². The molecule has 5 rings (SSSR count). The minimum atomic E-state index is -0.657. The Labute approximate surface area is 209 Å². The van der Waals surface area contributed by atoms with Crippen LogP contribution >= 0.6 is 0 Å². The van der Waals surface area contributed by atoms with Crippen molar-refractivity contribution in [2.75, 3.05) is 26.3 Å². The average molecular weight is 483 g/mol. The molecule has 1 saturated heterocycles. The molecule has 1 aliphatic heterocycles. The van der Waals surface area contributed by atoms with Crippen LogP contribution in [-0.4, -0.2) is 56.9 Å². The summed E-state index contributed by atoms with van der Waals surface area (Å²) in [6.45, 7) is 4.56. The van der Waals surface area contributed by atoms with Crippen molar-refractivity contribution < 1.29 is 19.2 Å². The number of amides is 1. The molecular formula is C28H26N4O4. The molecule has 8 heteroatoms. The Morgan fingerprint density at radius 1 is 1.06 bits per heavy atom. The summed E-state index contributed by atoms with van der Waals surface area (Å²) in [5.41, 5.74) is 4.00. The molecule has 2 aromatic heterocycles. The van der Waals surface area contributed by atoms with Crippen LogP contribution in [0.25, 0.3) is 11.3 Å². The number of hydrogen-bond acceptors (Lipinski definition) is 6. The normalized spacial score (nSPS) is 14.2. The zero-order chi connectivity index (χ0) is 24.9. The number of aromatic nitrogens is 3. The van der Waals surface area contributed by atoms with Crippen molar-refractivity contribution in [1.82, 2.24) is 19.6 Å². The number of hydrogen-bond donors (Lipinski definition) is 1. The highest BCUT2D eigenvalue weighted by Crippen LogP contribution is 2.22. The fourth-order valence-corrected chi connectivity index (χ4v) is 4.03. The van der Waals surface area contributed by atoms with Gasteiger partial charge in [0.15, 0.2) is 5.76 Å². The van der Waals surface area contributed by atoms with Gasteiger partial charge in [0.05, 0.1) is 19.8 Å². The van der Waals surface area contributed by atoms with Crippen LogP contribution in [0.2, 0.25) is 0 Å². The van der Waals surface area contributed by atoms with E-state index in [0.29, 0.717) is 50.0 Å². The van der Waals surface area contributed by atoms with Gasteiger partial charge in [0, 0.05) is 53.8 Å². The predicted molar refractivity (Wildman–Crippen MR) is 133 cm³/mol. The molecule has 2 aromatic carbocycles. The molecule has 0 bridgehead atoms. The van der Waals surface area contributed by atoms with Crippen molar-refractivity contribution >= 4 is 5.91 Å². The molecule has 1 amide bonds. The Kier molecular flexibility index (Phi) is 6.94. The first-order chi connectivity index (χ1) is 17.6. The molecule has 3 heterocycles. The number of aliphatic hydroxyl groups excluding tert-OH is 1. The first-order valence-electron chi connectivity index (χ1n) is 11.8. The SMILES string of the molecule is CC(O)c1nccn1Cc1cc(-c2ccc(C#Cc3ccc(C(=O)N4CCOCC4)cc3)cc2)on1. The van der Waals surface area contributed by atoms with Crippen LogP contribution < -0.4 is 0 Å². The van der Waals surface area contributed by atoms with Crippen LogP contribution in [0.3, 0.4) is 0 Å². The van der Waals surface area contributed by atoms with Gasteiger partial charge in [0.1, 0.15) is 17.6 Å². The van der Waals surface area contributed by atoms with Crippen LogP contribution in [0.5, 0.6) is 0 Å². The smallest absolute Gasteiger partial charge is 0.254 e. The van der Waals surface area contributed by atoms with Gasteiger partial charge in [-0.2, -0.15) is 0 Å². The van der Waals surface area contributed by atoms with Crippen LogP contribution in [0.4, 0.5) is 0 Å². The second-order valence-electron chi connectivity index (χ2n) is 8.58. The highest BCUT2D eigenvalue weighted by atomic mass is 16.5. The van der Waals surface area contributed by atoms with Crippen molar-refractivity contribution in [3.63, 3.8) is 0 Å². The fraction of sp³-hybridized carbons (Fsp3) is 0.250. The number of morpholine rings is 1. The average Bonchev–Trinajstić information content (AvgIpc) is 3.58. The molecule has 4 aromatic rings. The molecule has 1 aliphatic rings. The molecule has 36 heavy (non-hydrogen) atoms. The zero-order valence-corrected chi connectivity index (χ0v) is 19.9. The van der Waals surface area contributed by atoms with Gasteiger partial charge in [-0.1, -0.05) is 17.0 Å². The van der Waals surface area contributed by atoms with Gasteiger partial charge in [-0.3, -0.25) is 4.79 Å². The van der Waals surface area contributed by atoms with Crippen molar-refractivity contribution in [2.45, 2.75) is 19.6 Å². The maximum Gasteiger partial charge on any atom is 0.254 e. The summed E-state index contributed by atoms with van der Waals surface area (Å²) in [5.74, 6) is 7.58. The summed E-state index contributed by atoms with van der Waals surface area (Å²) < 4.78 is 12.7. The quantitative estimate of drug-likeness (QED) is 0.438. The molecule has 1 atom stereocenters. The summed E-state index contributed by atoms with van der Waals surface area (Å²) >= 11 is 0. The third kappa shape index (κ3) is 5.38. The Balaban J connectivity index is 1.22. The van der Waals surface area contributed by atoms with Gasteiger partial charge in [0.25, 0.3) is 5.91 Å². The lowest BCUT2D eigenvalue weighted by Gasteiger charge is -2.26. The summed E-state index contributed by atoms with van der Waals surface area (Å²) in [6.07, 6.45) is 2.80. The zero-order valence-electron chi connectivity index (χ0n) is 19.9. The molecule has 0 saturated carbocycles. The first-order valence-corrected chi connectivity index (χ1v) is 11.8. The standard InChI is InChI=1S/C28H26N4O4/c1-20(33)27-29-12-13-32(27)19-25-18-26(36-30-25)23-8-4-21(5-9-23)2-3-22-6-10-24(11-7-22)28(34)31-14-16-35-17-15-31/h4-13,18,20,33H,14-17,19H2,1H3. The van der Waals surface area contributed by atoms with E-state index in [4.69, 9.17) is 9.26 Å². The van der Waals surface area contributed by atoms with E-state index in [2.05, 4.69) is 22.0 Å². The molecule has 0 spiro atoms. The number of ether oxygens (including phenoxy) is 1. The number of nitrogens with zero attached hydrogens (tertiary/aromatic N) is 4. The van der Waals surface area contributed by atoms with E-state index < -0.39 is 6.10 Å². The van der Waals surface area contributed by atoms with Gasteiger partial charge in [0.2, 0.25) is 0 Å². The van der Waals surface area contributed by atoms with Gasteiger partial charge in [-0.25, -0.2) is 4.98 Å². The molecule has 1 fully saturated rings. The van der Waals surface area contributed by atoms with Crippen LogP contribution in [0, 0.1) is 11.8 Å². The van der Waals surface area contributed by atoms with Crippen LogP contribution in [-0.2, 0) is 11.3 Å². The predicted octanol–water partition coefficient (Wildman–Crippen LogP) is 3.51. The second-order valence-corrected chi connectivity index (χ2v) is 8.58. The summed E-state index contributed by atoms with van der Waals surface area (Å²) in [4.78, 5) is 18.6. The lowest BCUT2D eigenvalue weighted by atomic mass is 10.1. The van der Waals surface area contributed by atoms with E-state index in [1.807, 2.05) is 64.1 Å². The minimum Gasteiger partial charge on any atom is -0.385 e. The van der Waals surface area contributed by atoms with Crippen molar-refractivity contribution in [1.29, 1.82) is 0 Å². The lowest BCUT2D eigenvalue weighted by molar-refractivity contribution is 0.0303. The van der Waals surface area contributed by atoms with Crippen molar-refractivity contribution in [2.24, 2.45) is 0 Å². The largest absolute Gasteiger partial charge is 0.385 e. The summed E-state index contributed by atoms with van der Waals surface area (Å²) in [6, 6.07) is 17.0. The van der Waals surface area contributed by atoms with Crippen molar-refractivity contribution in [3.8, 4) is 23.2 Å². The molecule has 0 aliphatic carbocycles. The van der Waals surface area contributed by atoms with Gasteiger partial charge in [-0.05, 0) is 55.5 Å². The van der Waals surface area contributed by atoms with Crippen LogP contribution in [0.15, 0.2) is 71.5 Å². The molecule has 1 N–H and O–H groups in total. The maximum atomic E-state index is 12.6. The Morgan fingerprint density at radius 2 is 1.72 bits per heavy atom. The highest BCUT2D eigenvalue weighted by Gasteiger charge is 2.18. The van der Waals surface area contributed by atoms with Gasteiger partial charge in [-0.15, -0.1) is 0 Å². The van der Waals surface area contributed by atoms with E-state index in [-0.39, 0.29) is 5.91 Å². The Bertz CT molecular complexity index is 1390. The number of benzene rings is 2. The molecule has 0 radical (unpaired) electrons. The van der Waals surface area contributed by atoms with E-state index in [9.17, 15) is 9.90 Å². The Morgan fingerprint density at radius 3 is 2.39 bits per heavy atom.